The van der Waals surface area contributed by atoms with E-state index in [9.17, 15) is 0 Å². The molecule has 5 nitrogen and oxygen atoms in total. The number of hydrogen-bond donors (Lipinski definition) is 2. The topological polar surface area (TPSA) is 64.6 Å². The molecule has 1 unspecified atom stereocenters. The van der Waals surface area contributed by atoms with Crippen LogP contribution < -0.4 is 16.0 Å². The lowest BCUT2D eigenvalue weighted by Crippen LogP contribution is -2.30. The van der Waals surface area contributed by atoms with Crippen LogP contribution in [0, 0.1) is 0 Å². The maximum Gasteiger partial charge on any atom is 0.193 e. The van der Waals surface area contributed by atoms with Crippen LogP contribution in [0.3, 0.4) is 0 Å². The number of imidazole rings is 1. The number of hydrogen-bond acceptors (Lipinski definition) is 5. The van der Waals surface area contributed by atoms with Crippen LogP contribution in [0.4, 0.5) is 0 Å². The fraction of sp³-hybridized carbons (Fsp3) is 0.214. The van der Waals surface area contributed by atoms with E-state index in [0.29, 0.717) is 6.42 Å². The zero-order valence-corrected chi connectivity index (χ0v) is 13.8. The molecular formula is C14H15BrN4OS. The zero-order chi connectivity index (χ0) is 14.8. The molecule has 1 atom stereocenters. The molecule has 2 aromatic heterocycles. The maximum absolute atomic E-state index is 5.74. The summed E-state index contributed by atoms with van der Waals surface area (Å²) in [4.78, 5) is 5.59. The van der Waals surface area contributed by atoms with Crippen molar-refractivity contribution in [2.75, 3.05) is 7.11 Å². The first-order valence-electron chi connectivity index (χ1n) is 6.42. The normalized spacial score (nSPS) is 12.7. The number of nitrogens with one attached hydrogen (secondary N) is 1. The average Bonchev–Trinajstić information content (AvgIpc) is 3.06. The van der Waals surface area contributed by atoms with Crippen LogP contribution in [0.2, 0.25) is 0 Å². The molecule has 0 amide bonds. The monoisotopic (exact) mass is 366 g/mol. The van der Waals surface area contributed by atoms with Crippen molar-refractivity contribution < 1.29 is 4.74 Å². The van der Waals surface area contributed by atoms with E-state index >= 15 is 0 Å². The highest BCUT2D eigenvalue weighted by atomic mass is 79.9. The first kappa shape index (κ1) is 14.5. The number of ether oxygens (including phenoxy) is 1. The number of fused-ring (bicyclic) bond motifs is 1. The van der Waals surface area contributed by atoms with Gasteiger partial charge in [-0.25, -0.2) is 4.98 Å². The largest absolute Gasteiger partial charge is 0.497 e. The second kappa shape index (κ2) is 6.15. The third-order valence-electron chi connectivity index (χ3n) is 3.34. The molecule has 0 aliphatic heterocycles. The number of nitrogens with two attached hydrogens (primary N) is 1. The minimum absolute atomic E-state index is 0.0425. The maximum atomic E-state index is 5.74. The summed E-state index contributed by atoms with van der Waals surface area (Å²) < 4.78 is 8.30. The zero-order valence-electron chi connectivity index (χ0n) is 11.4. The van der Waals surface area contributed by atoms with Crippen LogP contribution in [0.1, 0.15) is 17.3 Å². The lowest BCUT2D eigenvalue weighted by atomic mass is 10.0. The minimum Gasteiger partial charge on any atom is -0.497 e. The molecule has 0 aliphatic carbocycles. The molecule has 2 heterocycles. The Balaban J connectivity index is 1.89. The number of benzene rings is 1. The molecule has 0 spiro atoms. The van der Waals surface area contributed by atoms with Gasteiger partial charge < -0.3 is 4.74 Å². The highest BCUT2D eigenvalue weighted by molar-refractivity contribution is 9.10. The van der Waals surface area contributed by atoms with Gasteiger partial charge in [0, 0.05) is 28.7 Å². The predicted octanol–water partition coefficient (Wildman–Crippen LogP) is 2.91. The quantitative estimate of drug-likeness (QED) is 0.538. The lowest BCUT2D eigenvalue weighted by Gasteiger charge is -2.17. The van der Waals surface area contributed by atoms with Crippen LogP contribution in [0.25, 0.3) is 4.96 Å². The van der Waals surface area contributed by atoms with Gasteiger partial charge in [0.25, 0.3) is 0 Å². The second-order valence-electron chi connectivity index (χ2n) is 4.64. The van der Waals surface area contributed by atoms with Crippen LogP contribution in [-0.4, -0.2) is 16.5 Å². The van der Waals surface area contributed by atoms with Crippen molar-refractivity contribution in [1.82, 2.24) is 14.8 Å². The van der Waals surface area contributed by atoms with Crippen LogP contribution in [0.5, 0.6) is 5.75 Å². The van der Waals surface area contributed by atoms with Gasteiger partial charge >= 0.3 is 0 Å². The van der Waals surface area contributed by atoms with E-state index in [1.165, 1.54) is 0 Å². The Morgan fingerprint density at radius 2 is 2.38 bits per heavy atom. The summed E-state index contributed by atoms with van der Waals surface area (Å²) in [6.07, 6.45) is 4.74. The molecule has 110 valence electrons. The Labute approximate surface area is 134 Å². The third kappa shape index (κ3) is 2.96. The standard InChI is InChI=1S/C14H15BrN4OS/c1-20-10-2-3-12(15)11(7-10)13(18-16)6-9-8-19-4-5-21-14(19)17-9/h2-5,7-8,13,18H,6,16H2,1H3. The Bertz CT molecular complexity index is 726. The number of halogens is 1. The van der Waals surface area contributed by atoms with Crippen molar-refractivity contribution in [1.29, 1.82) is 0 Å². The van der Waals surface area contributed by atoms with E-state index in [1.807, 2.05) is 40.4 Å². The van der Waals surface area contributed by atoms with Gasteiger partial charge in [0.05, 0.1) is 18.8 Å². The number of nitrogens with zero attached hydrogens (tertiary/aromatic N) is 2. The van der Waals surface area contributed by atoms with Gasteiger partial charge in [-0.15, -0.1) is 11.3 Å². The van der Waals surface area contributed by atoms with Gasteiger partial charge in [0.2, 0.25) is 0 Å². The summed E-state index contributed by atoms with van der Waals surface area (Å²) in [5.74, 6) is 6.54. The Morgan fingerprint density at radius 3 is 3.10 bits per heavy atom. The van der Waals surface area contributed by atoms with Crippen molar-refractivity contribution in [2.24, 2.45) is 5.84 Å². The Hall–Kier alpha value is -1.41. The first-order chi connectivity index (χ1) is 10.2. The first-order valence-corrected chi connectivity index (χ1v) is 8.09. The van der Waals surface area contributed by atoms with E-state index in [1.54, 1.807) is 18.4 Å². The smallest absolute Gasteiger partial charge is 0.193 e. The molecular weight excluding hydrogens is 352 g/mol. The van der Waals surface area contributed by atoms with Crippen molar-refractivity contribution in [2.45, 2.75) is 12.5 Å². The molecule has 0 fully saturated rings. The Morgan fingerprint density at radius 1 is 1.52 bits per heavy atom. The molecule has 3 N–H and O–H groups in total. The SMILES string of the molecule is COc1ccc(Br)c(C(Cc2cn3ccsc3n2)NN)c1. The molecule has 0 saturated carbocycles. The van der Waals surface area contributed by atoms with Crippen LogP contribution in [-0.2, 0) is 6.42 Å². The number of rotatable bonds is 5. The summed E-state index contributed by atoms with van der Waals surface area (Å²) >= 11 is 5.19. The number of thiazole rings is 1. The van der Waals surface area contributed by atoms with Gasteiger partial charge in [-0.3, -0.25) is 15.7 Å². The third-order valence-corrected chi connectivity index (χ3v) is 4.83. The van der Waals surface area contributed by atoms with E-state index < -0.39 is 0 Å². The van der Waals surface area contributed by atoms with Gasteiger partial charge in [0.1, 0.15) is 5.75 Å². The number of methoxy groups -OCH3 is 1. The molecule has 3 aromatic rings. The summed E-state index contributed by atoms with van der Waals surface area (Å²) in [7, 11) is 1.65. The van der Waals surface area contributed by atoms with Crippen molar-refractivity contribution >= 4 is 32.2 Å². The molecule has 0 saturated heterocycles. The highest BCUT2D eigenvalue weighted by Gasteiger charge is 2.16. The van der Waals surface area contributed by atoms with E-state index in [4.69, 9.17) is 10.6 Å². The van der Waals surface area contributed by atoms with E-state index in [0.717, 1.165) is 26.4 Å². The number of hydrazine groups is 1. The summed E-state index contributed by atoms with van der Waals surface area (Å²) in [6, 6.07) is 5.81. The Kier molecular flexibility index (Phi) is 4.25. The number of aromatic nitrogens is 2. The van der Waals surface area contributed by atoms with Crippen molar-refractivity contribution in [3.63, 3.8) is 0 Å². The fourth-order valence-corrected chi connectivity index (χ4v) is 3.50. The van der Waals surface area contributed by atoms with Gasteiger partial charge in [-0.1, -0.05) is 15.9 Å². The van der Waals surface area contributed by atoms with E-state index in [-0.39, 0.29) is 6.04 Å². The molecule has 3 rings (SSSR count). The molecule has 7 heteroatoms. The minimum atomic E-state index is -0.0425. The fourth-order valence-electron chi connectivity index (χ4n) is 2.26. The average molecular weight is 367 g/mol. The highest BCUT2D eigenvalue weighted by Crippen LogP contribution is 2.29. The molecule has 21 heavy (non-hydrogen) atoms. The summed E-state index contributed by atoms with van der Waals surface area (Å²) in [6.45, 7) is 0. The molecule has 0 radical (unpaired) electrons. The van der Waals surface area contributed by atoms with Gasteiger partial charge in [-0.05, 0) is 23.8 Å². The predicted molar refractivity (Wildman–Crippen MR) is 87.5 cm³/mol. The van der Waals surface area contributed by atoms with Crippen LogP contribution in [0.15, 0.2) is 40.4 Å². The molecule has 1 aromatic carbocycles. The second-order valence-corrected chi connectivity index (χ2v) is 6.36. The summed E-state index contributed by atoms with van der Waals surface area (Å²) in [5.41, 5.74) is 4.91. The summed E-state index contributed by atoms with van der Waals surface area (Å²) in [5, 5.41) is 2.02. The van der Waals surface area contributed by atoms with Crippen LogP contribution >= 0.6 is 27.3 Å². The van der Waals surface area contributed by atoms with E-state index in [2.05, 4.69) is 26.3 Å². The lowest BCUT2D eigenvalue weighted by molar-refractivity contribution is 0.412. The molecule has 0 aliphatic rings. The van der Waals surface area contributed by atoms with Gasteiger partial charge in [0.15, 0.2) is 4.96 Å². The van der Waals surface area contributed by atoms with Crippen molar-refractivity contribution in [3.05, 3.63) is 51.7 Å². The van der Waals surface area contributed by atoms with Crippen molar-refractivity contribution in [3.8, 4) is 5.75 Å². The van der Waals surface area contributed by atoms with Gasteiger partial charge in [-0.2, -0.15) is 0 Å². The molecule has 0 bridgehead atoms.